The van der Waals surface area contributed by atoms with Crippen LogP contribution in [-0.2, 0) is 19.7 Å². The molecule has 1 aromatic carbocycles. The lowest BCUT2D eigenvalue weighted by atomic mass is 9.84. The lowest BCUT2D eigenvalue weighted by Gasteiger charge is -2.26. The normalized spacial score (nSPS) is 18.1. The van der Waals surface area contributed by atoms with E-state index < -0.39 is 17.7 Å². The highest BCUT2D eigenvalue weighted by Gasteiger charge is 2.46. The van der Waals surface area contributed by atoms with Crippen molar-refractivity contribution in [1.29, 1.82) is 0 Å². The van der Waals surface area contributed by atoms with Crippen molar-refractivity contribution in [2.45, 2.75) is 72.4 Å². The molecule has 2 heterocycles. The molecule has 0 spiro atoms. The molecule has 1 atom stereocenters. The van der Waals surface area contributed by atoms with Gasteiger partial charge in [0.25, 0.3) is 11.7 Å². The molecule has 1 aromatic heterocycles. The molecule has 1 unspecified atom stereocenters. The maximum absolute atomic E-state index is 13.3. The molecule has 1 amide bonds. The van der Waals surface area contributed by atoms with Gasteiger partial charge < -0.3 is 19.5 Å². The molecule has 35 heavy (non-hydrogen) atoms. The molecule has 1 saturated heterocycles. The monoisotopic (exact) mass is 499 g/mol. The van der Waals surface area contributed by atoms with Crippen molar-refractivity contribution < 1.29 is 24.2 Å². The molecule has 2 aromatic rings. The fraction of sp³-hybridized carbons (Fsp3) is 0.500. The van der Waals surface area contributed by atoms with Crippen LogP contribution < -0.4 is 4.74 Å². The molecule has 0 bridgehead atoms. The van der Waals surface area contributed by atoms with Crippen molar-refractivity contribution in [3.8, 4) is 5.75 Å². The van der Waals surface area contributed by atoms with Crippen LogP contribution in [0.5, 0.6) is 5.75 Å². The fourth-order valence-corrected chi connectivity index (χ4v) is 5.35. The van der Waals surface area contributed by atoms with E-state index in [2.05, 4.69) is 20.8 Å². The number of hydrogen-bond acceptors (Lipinski definition) is 6. The largest absolute Gasteiger partial charge is 0.507 e. The van der Waals surface area contributed by atoms with Crippen LogP contribution >= 0.6 is 11.3 Å². The first-order chi connectivity index (χ1) is 16.5. The maximum atomic E-state index is 13.3. The van der Waals surface area contributed by atoms with Crippen LogP contribution in [0.2, 0.25) is 0 Å². The Balaban J connectivity index is 2.10. The summed E-state index contributed by atoms with van der Waals surface area (Å²) in [5.74, 6) is -0.657. The number of ether oxygens (including phenoxy) is 2. The summed E-state index contributed by atoms with van der Waals surface area (Å²) in [7, 11) is 0. The van der Waals surface area contributed by atoms with E-state index in [9.17, 15) is 14.7 Å². The molecule has 7 heteroatoms. The third-order valence-corrected chi connectivity index (χ3v) is 7.12. The van der Waals surface area contributed by atoms with Crippen LogP contribution in [0.4, 0.5) is 0 Å². The van der Waals surface area contributed by atoms with Gasteiger partial charge >= 0.3 is 0 Å². The molecular formula is C28H37NO5S. The van der Waals surface area contributed by atoms with E-state index in [1.165, 1.54) is 11.3 Å². The lowest BCUT2D eigenvalue weighted by Crippen LogP contribution is -2.31. The maximum Gasteiger partial charge on any atom is 0.295 e. The van der Waals surface area contributed by atoms with Gasteiger partial charge in [-0.3, -0.25) is 9.59 Å². The van der Waals surface area contributed by atoms with Crippen molar-refractivity contribution in [2.75, 3.05) is 19.8 Å². The zero-order valence-corrected chi connectivity index (χ0v) is 22.6. The van der Waals surface area contributed by atoms with Crippen molar-refractivity contribution in [3.05, 3.63) is 56.8 Å². The lowest BCUT2D eigenvalue weighted by molar-refractivity contribution is -0.140. The van der Waals surface area contributed by atoms with E-state index in [4.69, 9.17) is 9.47 Å². The van der Waals surface area contributed by atoms with Gasteiger partial charge in [-0.05, 0) is 74.7 Å². The minimum absolute atomic E-state index is 0.0948. The number of aryl methyl sites for hydroxylation is 1. The minimum Gasteiger partial charge on any atom is -0.507 e. The Morgan fingerprint density at radius 3 is 2.49 bits per heavy atom. The summed E-state index contributed by atoms with van der Waals surface area (Å²) in [5, 5.41) is 13.4. The summed E-state index contributed by atoms with van der Waals surface area (Å²) in [6.45, 7) is 15.4. The zero-order chi connectivity index (χ0) is 25.9. The van der Waals surface area contributed by atoms with Crippen LogP contribution in [0.3, 0.4) is 0 Å². The van der Waals surface area contributed by atoms with E-state index in [1.54, 1.807) is 11.0 Å². The molecule has 1 fully saturated rings. The predicted octanol–water partition coefficient (Wildman–Crippen LogP) is 5.99. The number of thiophene rings is 1. The van der Waals surface area contributed by atoms with Crippen LogP contribution in [0, 0.1) is 6.92 Å². The van der Waals surface area contributed by atoms with Gasteiger partial charge in [0.1, 0.15) is 11.5 Å². The second-order valence-corrected chi connectivity index (χ2v) is 11.1. The average Bonchev–Trinajstić information content (AvgIpc) is 3.31. The molecule has 0 aliphatic carbocycles. The highest BCUT2D eigenvalue weighted by atomic mass is 32.1. The molecule has 1 aliphatic rings. The number of nitrogens with zero attached hydrogens (tertiary/aromatic N) is 1. The fourth-order valence-electron chi connectivity index (χ4n) is 4.30. The summed E-state index contributed by atoms with van der Waals surface area (Å²) < 4.78 is 11.4. The van der Waals surface area contributed by atoms with Gasteiger partial charge in [0, 0.05) is 29.2 Å². The summed E-state index contributed by atoms with van der Waals surface area (Å²) in [4.78, 5) is 28.9. The standard InChI is InChI=1S/C28H37NO5S/c1-8-33-21-11-10-19(16-20(21)28(5,6)7)24(30)22-23(26-18(4)12-15-35-26)29(27(32)25(22)31)13-9-14-34-17(2)3/h10-12,15-17,23,30H,8-9,13-14H2,1-7H3/b24-22-. The van der Waals surface area contributed by atoms with Gasteiger partial charge in [-0.15, -0.1) is 11.3 Å². The van der Waals surface area contributed by atoms with Crippen LogP contribution in [0.25, 0.3) is 5.76 Å². The number of hydrogen-bond donors (Lipinski definition) is 1. The molecule has 3 rings (SSSR count). The molecular weight excluding hydrogens is 462 g/mol. The molecule has 1 aliphatic heterocycles. The van der Waals surface area contributed by atoms with E-state index in [-0.39, 0.29) is 22.9 Å². The summed E-state index contributed by atoms with van der Waals surface area (Å²) in [6, 6.07) is 6.78. The quantitative estimate of drug-likeness (QED) is 0.198. The Kier molecular flexibility index (Phi) is 8.44. The van der Waals surface area contributed by atoms with Crippen LogP contribution in [-0.4, -0.2) is 47.6 Å². The predicted molar refractivity (Wildman–Crippen MR) is 140 cm³/mol. The van der Waals surface area contributed by atoms with E-state index >= 15 is 0 Å². The number of carbonyl (C=O) groups is 2. The van der Waals surface area contributed by atoms with Gasteiger partial charge in [-0.25, -0.2) is 0 Å². The molecule has 0 saturated carbocycles. The Labute approximate surface area is 212 Å². The smallest absolute Gasteiger partial charge is 0.295 e. The third-order valence-electron chi connectivity index (χ3n) is 6.05. The van der Waals surface area contributed by atoms with Crippen molar-refractivity contribution >= 4 is 28.8 Å². The van der Waals surface area contributed by atoms with E-state index in [1.807, 2.05) is 51.3 Å². The summed E-state index contributed by atoms with van der Waals surface area (Å²) in [6.07, 6.45) is 0.695. The second kappa shape index (κ2) is 11.0. The number of aliphatic hydroxyl groups is 1. The average molecular weight is 500 g/mol. The SMILES string of the molecule is CCOc1ccc(/C(O)=C2/C(=O)C(=O)N(CCCOC(C)C)C2c2sccc2C)cc1C(C)(C)C. The minimum atomic E-state index is -0.656. The van der Waals surface area contributed by atoms with Gasteiger partial charge in [-0.1, -0.05) is 20.8 Å². The number of aliphatic hydroxyl groups excluding tert-OH is 1. The first-order valence-corrected chi connectivity index (χ1v) is 13.1. The Hall–Kier alpha value is -2.64. The number of ketones is 1. The first kappa shape index (κ1) is 27.0. The molecule has 190 valence electrons. The summed E-state index contributed by atoms with van der Waals surface area (Å²) >= 11 is 1.49. The zero-order valence-electron chi connectivity index (χ0n) is 21.8. The van der Waals surface area contributed by atoms with Gasteiger partial charge in [0.05, 0.1) is 24.3 Å². The number of benzene rings is 1. The Morgan fingerprint density at radius 2 is 1.91 bits per heavy atom. The first-order valence-electron chi connectivity index (χ1n) is 12.2. The highest BCUT2D eigenvalue weighted by molar-refractivity contribution is 7.10. The number of amides is 1. The van der Waals surface area contributed by atoms with Crippen molar-refractivity contribution in [3.63, 3.8) is 0 Å². The Morgan fingerprint density at radius 1 is 1.20 bits per heavy atom. The third kappa shape index (κ3) is 5.78. The van der Waals surface area contributed by atoms with Crippen LogP contribution in [0.1, 0.15) is 75.6 Å². The van der Waals surface area contributed by atoms with Gasteiger partial charge in [-0.2, -0.15) is 0 Å². The molecule has 0 radical (unpaired) electrons. The summed E-state index contributed by atoms with van der Waals surface area (Å²) in [5.41, 5.74) is 2.30. The Bertz CT molecular complexity index is 1110. The number of Topliss-reactive ketones (excluding diaryl/α,β-unsaturated/α-hetero) is 1. The molecule has 1 N–H and O–H groups in total. The van der Waals surface area contributed by atoms with Crippen LogP contribution in [0.15, 0.2) is 35.2 Å². The number of rotatable bonds is 9. The molecule has 6 nitrogen and oxygen atoms in total. The topological polar surface area (TPSA) is 76.1 Å². The van der Waals surface area contributed by atoms with E-state index in [0.29, 0.717) is 31.7 Å². The van der Waals surface area contributed by atoms with Crippen molar-refractivity contribution in [1.82, 2.24) is 4.90 Å². The highest BCUT2D eigenvalue weighted by Crippen LogP contribution is 2.43. The van der Waals surface area contributed by atoms with Gasteiger partial charge in [0.15, 0.2) is 0 Å². The van der Waals surface area contributed by atoms with E-state index in [0.717, 1.165) is 21.8 Å². The van der Waals surface area contributed by atoms with Crippen molar-refractivity contribution in [2.24, 2.45) is 0 Å². The second-order valence-electron chi connectivity index (χ2n) is 10.1. The van der Waals surface area contributed by atoms with Gasteiger partial charge in [0.2, 0.25) is 0 Å². The number of carbonyl (C=O) groups excluding carboxylic acids is 2. The number of likely N-dealkylation sites (tertiary alicyclic amines) is 1.